The van der Waals surface area contributed by atoms with E-state index in [9.17, 15) is 9.59 Å². The van der Waals surface area contributed by atoms with E-state index in [4.69, 9.17) is 15.2 Å². The van der Waals surface area contributed by atoms with Crippen LogP contribution in [0.15, 0.2) is 95.9 Å². The third-order valence-corrected chi connectivity index (χ3v) is 8.46. The van der Waals surface area contributed by atoms with E-state index in [0.717, 1.165) is 0 Å². The van der Waals surface area contributed by atoms with Gasteiger partial charge in [-0.1, -0.05) is 56.3 Å². The molecular weight excluding hydrogens is 590 g/mol. The van der Waals surface area contributed by atoms with Gasteiger partial charge in [0.05, 0.1) is 24.5 Å². The maximum atomic E-state index is 17.4. The van der Waals surface area contributed by atoms with Gasteiger partial charge in [0, 0.05) is 32.6 Å². The Morgan fingerprint density at radius 1 is 1.07 bits per heavy atom. The first-order valence-electron chi connectivity index (χ1n) is 15.8. The van der Waals surface area contributed by atoms with Gasteiger partial charge in [-0.2, -0.15) is 0 Å². The molecule has 0 fully saturated rings. The lowest BCUT2D eigenvalue weighted by atomic mass is 9.95. The lowest BCUT2D eigenvalue weighted by Gasteiger charge is -2.46. The number of likely N-dealkylation sites (N-methyl/N-ethyl adjacent to an activating group) is 1. The Labute approximate surface area is 269 Å². The SMILES string of the molecule is CCOC(=O)C1C(=O)C(CN)=C2N(CCC3C=CC=CN3C)C(c3ccc(OCC(C)C)cc3)C(F)=C(Cc3ccccc3F)N21. The monoisotopic (exact) mass is 632 g/mol. The standard InChI is InChI=1S/C36H42F2N4O4/c1-5-45-36(44)33-34(43)28(21-39)35-41(19-17-26-11-8-9-18-40(26)4)32(24-13-15-27(16-14-24)46-22-23(2)3)31(38)30(42(33)35)20-25-10-6-7-12-29(25)37/h6-16,18,23,26,32-33H,5,17,19-22,39H2,1-4H3. The second-order valence-corrected chi connectivity index (χ2v) is 12.1. The van der Waals surface area contributed by atoms with Crippen LogP contribution in [0.2, 0.25) is 0 Å². The molecule has 0 amide bonds. The molecule has 2 aromatic rings. The number of rotatable bonds is 12. The Morgan fingerprint density at radius 2 is 1.80 bits per heavy atom. The summed E-state index contributed by atoms with van der Waals surface area (Å²) in [6.45, 7) is 6.47. The first-order valence-corrected chi connectivity index (χ1v) is 15.8. The van der Waals surface area contributed by atoms with E-state index >= 15 is 8.78 Å². The van der Waals surface area contributed by atoms with Gasteiger partial charge in [-0.25, -0.2) is 13.6 Å². The summed E-state index contributed by atoms with van der Waals surface area (Å²) in [4.78, 5) is 32.6. The highest BCUT2D eigenvalue weighted by Gasteiger charge is 2.53. The van der Waals surface area contributed by atoms with Crippen molar-refractivity contribution in [2.45, 2.75) is 51.7 Å². The summed E-state index contributed by atoms with van der Waals surface area (Å²) in [6, 6.07) is 10.9. The van der Waals surface area contributed by atoms with Crippen molar-refractivity contribution in [2.75, 3.05) is 33.4 Å². The minimum absolute atomic E-state index is 0.0117. The molecule has 10 heteroatoms. The molecule has 2 aromatic carbocycles. The lowest BCUT2D eigenvalue weighted by Crippen LogP contribution is -2.49. The summed E-state index contributed by atoms with van der Waals surface area (Å²) in [5.41, 5.74) is 7.28. The number of allylic oxidation sites excluding steroid dienone is 3. The number of hydrogen-bond acceptors (Lipinski definition) is 8. The second-order valence-electron chi connectivity index (χ2n) is 12.1. The maximum Gasteiger partial charge on any atom is 0.337 e. The number of Topliss-reactive ketones (excluding diaryl/α,β-unsaturated/α-hetero) is 1. The number of ketones is 1. The molecule has 0 saturated heterocycles. The molecule has 5 rings (SSSR count). The van der Waals surface area contributed by atoms with Crippen LogP contribution in [0.5, 0.6) is 5.75 Å². The topological polar surface area (TPSA) is 88.3 Å². The summed E-state index contributed by atoms with van der Waals surface area (Å²) < 4.78 is 43.6. The van der Waals surface area contributed by atoms with E-state index < -0.39 is 35.5 Å². The summed E-state index contributed by atoms with van der Waals surface area (Å²) >= 11 is 0. The van der Waals surface area contributed by atoms with E-state index in [1.807, 2.05) is 30.3 Å². The number of esters is 1. The average molecular weight is 633 g/mol. The summed E-state index contributed by atoms with van der Waals surface area (Å²) in [5.74, 6) is -1.13. The Morgan fingerprint density at radius 3 is 2.46 bits per heavy atom. The smallest absolute Gasteiger partial charge is 0.337 e. The molecule has 0 spiro atoms. The van der Waals surface area contributed by atoms with Gasteiger partial charge in [0.1, 0.15) is 29.3 Å². The first-order chi connectivity index (χ1) is 22.2. The molecule has 3 unspecified atom stereocenters. The van der Waals surface area contributed by atoms with Crippen molar-refractivity contribution in [1.29, 1.82) is 0 Å². The molecule has 0 radical (unpaired) electrons. The zero-order valence-electron chi connectivity index (χ0n) is 26.8. The number of nitrogens with zero attached hydrogens (tertiary/aromatic N) is 3. The number of nitrogens with two attached hydrogens (primary N) is 1. The van der Waals surface area contributed by atoms with Gasteiger partial charge in [-0.3, -0.25) is 4.79 Å². The van der Waals surface area contributed by atoms with E-state index in [1.54, 1.807) is 49.4 Å². The molecule has 46 heavy (non-hydrogen) atoms. The highest BCUT2D eigenvalue weighted by Crippen LogP contribution is 2.48. The Kier molecular flexibility index (Phi) is 10.3. The third-order valence-electron chi connectivity index (χ3n) is 8.46. The Bertz CT molecular complexity index is 1570. The molecule has 0 bridgehead atoms. The zero-order chi connectivity index (χ0) is 33.0. The Balaban J connectivity index is 1.67. The van der Waals surface area contributed by atoms with Crippen molar-refractivity contribution in [3.8, 4) is 5.75 Å². The Hall–Kier alpha value is -4.44. The highest BCUT2D eigenvalue weighted by molar-refractivity contribution is 6.15. The number of carbonyl (C=O) groups is 2. The molecule has 0 saturated carbocycles. The number of ether oxygens (including phenoxy) is 2. The minimum atomic E-state index is -1.48. The maximum absolute atomic E-state index is 17.4. The van der Waals surface area contributed by atoms with Crippen molar-refractivity contribution < 1.29 is 27.8 Å². The van der Waals surface area contributed by atoms with E-state index in [-0.39, 0.29) is 42.4 Å². The molecule has 0 aliphatic carbocycles. The quantitative estimate of drug-likeness (QED) is 0.246. The molecule has 0 aromatic heterocycles. The average Bonchev–Trinajstić information content (AvgIpc) is 3.34. The predicted octanol–water partition coefficient (Wildman–Crippen LogP) is 5.40. The van der Waals surface area contributed by atoms with Gasteiger partial charge >= 0.3 is 5.97 Å². The summed E-state index contributed by atoms with van der Waals surface area (Å²) in [5, 5.41) is 0. The van der Waals surface area contributed by atoms with Crippen LogP contribution in [0.1, 0.15) is 44.4 Å². The molecule has 3 heterocycles. The molecule has 244 valence electrons. The van der Waals surface area contributed by atoms with Gasteiger partial charge in [-0.05, 0) is 60.9 Å². The van der Waals surface area contributed by atoms with Gasteiger partial charge < -0.3 is 29.9 Å². The van der Waals surface area contributed by atoms with Gasteiger partial charge in [0.25, 0.3) is 0 Å². The van der Waals surface area contributed by atoms with Crippen molar-refractivity contribution in [2.24, 2.45) is 11.7 Å². The predicted molar refractivity (Wildman–Crippen MR) is 172 cm³/mol. The first kappa shape index (κ1) is 32.9. The van der Waals surface area contributed by atoms with Crippen LogP contribution in [0.4, 0.5) is 8.78 Å². The second kappa shape index (κ2) is 14.3. The fourth-order valence-corrected chi connectivity index (χ4v) is 6.17. The van der Waals surface area contributed by atoms with Crippen molar-refractivity contribution in [3.05, 3.63) is 113 Å². The van der Waals surface area contributed by atoms with Crippen molar-refractivity contribution in [1.82, 2.24) is 14.7 Å². The normalized spacial score (nSPS) is 21.1. The van der Waals surface area contributed by atoms with Crippen LogP contribution in [0.25, 0.3) is 0 Å². The number of fused-ring (bicyclic) bond motifs is 1. The fourth-order valence-electron chi connectivity index (χ4n) is 6.17. The minimum Gasteiger partial charge on any atom is -0.493 e. The van der Waals surface area contributed by atoms with Crippen LogP contribution in [0, 0.1) is 11.7 Å². The molecule has 3 aliphatic heterocycles. The molecule has 2 N–H and O–H groups in total. The van der Waals surface area contributed by atoms with Crippen LogP contribution in [-0.2, 0) is 20.7 Å². The molecule has 3 atom stereocenters. The molecule has 8 nitrogen and oxygen atoms in total. The lowest BCUT2D eigenvalue weighted by molar-refractivity contribution is -0.150. The largest absolute Gasteiger partial charge is 0.493 e. The van der Waals surface area contributed by atoms with Crippen LogP contribution >= 0.6 is 0 Å². The zero-order valence-corrected chi connectivity index (χ0v) is 26.8. The fraction of sp³-hybridized carbons (Fsp3) is 0.389. The van der Waals surface area contributed by atoms with Crippen LogP contribution in [-0.4, -0.2) is 71.9 Å². The third kappa shape index (κ3) is 6.58. The van der Waals surface area contributed by atoms with Crippen LogP contribution in [0.3, 0.4) is 0 Å². The van der Waals surface area contributed by atoms with Gasteiger partial charge in [0.15, 0.2) is 11.8 Å². The van der Waals surface area contributed by atoms with Gasteiger partial charge in [0.2, 0.25) is 0 Å². The van der Waals surface area contributed by atoms with Crippen LogP contribution < -0.4 is 10.5 Å². The van der Waals surface area contributed by atoms with Crippen molar-refractivity contribution in [3.63, 3.8) is 0 Å². The van der Waals surface area contributed by atoms with E-state index in [2.05, 4.69) is 24.8 Å². The van der Waals surface area contributed by atoms with E-state index in [1.165, 1.54) is 11.0 Å². The number of carbonyl (C=O) groups excluding carboxylic acids is 2. The van der Waals surface area contributed by atoms with Gasteiger partial charge in [-0.15, -0.1) is 0 Å². The number of halogens is 2. The molecular formula is C36H42F2N4O4. The molecule has 3 aliphatic rings. The van der Waals surface area contributed by atoms with E-state index in [0.29, 0.717) is 42.6 Å². The number of benzene rings is 2. The number of hydrogen-bond donors (Lipinski definition) is 1. The highest BCUT2D eigenvalue weighted by atomic mass is 19.1. The van der Waals surface area contributed by atoms with Crippen molar-refractivity contribution >= 4 is 11.8 Å². The summed E-state index contributed by atoms with van der Waals surface area (Å²) in [7, 11) is 1.97. The summed E-state index contributed by atoms with van der Waals surface area (Å²) in [6.07, 6.45) is 8.32.